The molecule has 1 aliphatic heterocycles. The van der Waals surface area contributed by atoms with Gasteiger partial charge in [-0.25, -0.2) is 9.18 Å². The Morgan fingerprint density at radius 1 is 1.15 bits per heavy atom. The third-order valence-electron chi connectivity index (χ3n) is 4.45. The first-order valence-electron chi connectivity index (χ1n) is 8.64. The second-order valence-electron chi connectivity index (χ2n) is 6.34. The van der Waals surface area contributed by atoms with Crippen molar-refractivity contribution in [3.8, 4) is 17.2 Å². The van der Waals surface area contributed by atoms with Gasteiger partial charge in [0.25, 0.3) is 0 Å². The molecular formula is C20H17FNO5+. The van der Waals surface area contributed by atoms with E-state index in [-0.39, 0.29) is 28.8 Å². The van der Waals surface area contributed by atoms with E-state index in [1.54, 1.807) is 6.07 Å². The number of quaternary nitrogens is 1. The van der Waals surface area contributed by atoms with Gasteiger partial charge in [0.2, 0.25) is 11.2 Å². The van der Waals surface area contributed by atoms with Crippen molar-refractivity contribution in [2.75, 3.05) is 6.54 Å². The van der Waals surface area contributed by atoms with Crippen molar-refractivity contribution in [1.29, 1.82) is 0 Å². The fourth-order valence-electron chi connectivity index (χ4n) is 3.04. The molecule has 1 fully saturated rings. The zero-order valence-corrected chi connectivity index (χ0v) is 14.3. The molecule has 0 aliphatic carbocycles. The number of esters is 1. The monoisotopic (exact) mass is 370 g/mol. The molecule has 1 atom stereocenters. The standard InChI is InChI=1S/C20H16FNO5/c21-12-3-5-13(6-4-12)26-18-11-25-17-10-14(7-8-15(17)19(18)23)27-20(24)16-2-1-9-22-16/h3-8,10-11,16,22H,1-2,9H2/p+1/t16-/m0/s1. The maximum absolute atomic E-state index is 13.0. The molecule has 7 heteroatoms. The molecule has 6 nitrogen and oxygen atoms in total. The molecule has 4 rings (SSSR count). The minimum Gasteiger partial charge on any atom is -0.460 e. The highest BCUT2D eigenvalue weighted by Gasteiger charge is 2.28. The topological polar surface area (TPSA) is 82.4 Å². The lowest BCUT2D eigenvalue weighted by molar-refractivity contribution is -0.658. The first-order valence-corrected chi connectivity index (χ1v) is 8.64. The average molecular weight is 370 g/mol. The molecule has 1 aromatic heterocycles. The molecule has 2 N–H and O–H groups in total. The smallest absolute Gasteiger partial charge is 0.370 e. The third-order valence-corrected chi connectivity index (χ3v) is 4.45. The molecule has 0 bridgehead atoms. The van der Waals surface area contributed by atoms with Crippen molar-refractivity contribution in [2.45, 2.75) is 18.9 Å². The van der Waals surface area contributed by atoms with Gasteiger partial charge in [0, 0.05) is 18.9 Å². The number of hydrogen-bond acceptors (Lipinski definition) is 5. The quantitative estimate of drug-likeness (QED) is 0.563. The van der Waals surface area contributed by atoms with Crippen molar-refractivity contribution in [1.82, 2.24) is 0 Å². The number of benzene rings is 2. The Hall–Kier alpha value is -3.19. The summed E-state index contributed by atoms with van der Waals surface area (Å²) in [6.07, 6.45) is 2.97. The van der Waals surface area contributed by atoms with Gasteiger partial charge in [-0.2, -0.15) is 0 Å². The molecular weight excluding hydrogens is 353 g/mol. The van der Waals surface area contributed by atoms with E-state index in [0.29, 0.717) is 16.9 Å². The molecule has 0 spiro atoms. The lowest BCUT2D eigenvalue weighted by atomic mass is 10.2. The number of carbonyl (C=O) groups is 1. The van der Waals surface area contributed by atoms with Gasteiger partial charge in [-0.1, -0.05) is 0 Å². The summed E-state index contributed by atoms with van der Waals surface area (Å²) in [7, 11) is 0. The Kier molecular flexibility index (Phi) is 4.60. The largest absolute Gasteiger partial charge is 0.460 e. The Morgan fingerprint density at radius 2 is 1.93 bits per heavy atom. The average Bonchev–Trinajstić information content (AvgIpc) is 3.21. The highest BCUT2D eigenvalue weighted by atomic mass is 19.1. The normalized spacial score (nSPS) is 16.4. The van der Waals surface area contributed by atoms with Crippen LogP contribution in [-0.2, 0) is 4.79 Å². The van der Waals surface area contributed by atoms with Gasteiger partial charge in [-0.15, -0.1) is 0 Å². The van der Waals surface area contributed by atoms with E-state index in [0.717, 1.165) is 19.4 Å². The number of carbonyl (C=O) groups excluding carboxylic acids is 1. The van der Waals surface area contributed by atoms with Crippen LogP contribution >= 0.6 is 0 Å². The van der Waals surface area contributed by atoms with Crippen LogP contribution in [0.5, 0.6) is 17.2 Å². The molecule has 27 heavy (non-hydrogen) atoms. The molecule has 0 unspecified atom stereocenters. The van der Waals surface area contributed by atoms with Gasteiger partial charge in [0.15, 0.2) is 6.04 Å². The molecule has 0 radical (unpaired) electrons. The van der Waals surface area contributed by atoms with Crippen molar-refractivity contribution in [3.05, 3.63) is 64.8 Å². The van der Waals surface area contributed by atoms with E-state index in [1.807, 2.05) is 5.32 Å². The maximum atomic E-state index is 13.0. The van der Waals surface area contributed by atoms with Crippen molar-refractivity contribution in [2.24, 2.45) is 0 Å². The minimum absolute atomic E-state index is 0.0144. The Labute approximate surface area is 153 Å². The van der Waals surface area contributed by atoms with Crippen LogP contribution in [0.1, 0.15) is 12.8 Å². The molecule has 0 amide bonds. The first-order chi connectivity index (χ1) is 13.1. The first kappa shape index (κ1) is 17.2. The zero-order chi connectivity index (χ0) is 18.8. The van der Waals surface area contributed by atoms with E-state index >= 15 is 0 Å². The van der Waals surface area contributed by atoms with Crippen molar-refractivity contribution < 1.29 is 28.4 Å². The van der Waals surface area contributed by atoms with Crippen molar-refractivity contribution in [3.63, 3.8) is 0 Å². The van der Waals surface area contributed by atoms with E-state index in [2.05, 4.69) is 0 Å². The summed E-state index contributed by atoms with van der Waals surface area (Å²) in [5.41, 5.74) is -0.0882. The Bertz CT molecular complexity index is 1040. The highest BCUT2D eigenvalue weighted by molar-refractivity contribution is 5.81. The SMILES string of the molecule is O=C(Oc1ccc2c(=O)c(Oc3ccc(F)cc3)coc2c1)[C@@H]1CCC[NH2+]1. The number of hydrogen-bond donors (Lipinski definition) is 1. The second-order valence-corrected chi connectivity index (χ2v) is 6.34. The van der Waals surface area contributed by atoms with Crippen LogP contribution in [0.4, 0.5) is 4.39 Å². The molecule has 0 saturated carbocycles. The summed E-state index contributed by atoms with van der Waals surface area (Å²) in [4.78, 5) is 24.7. The number of fused-ring (bicyclic) bond motifs is 1. The highest BCUT2D eigenvalue weighted by Crippen LogP contribution is 2.24. The summed E-state index contributed by atoms with van der Waals surface area (Å²) in [6, 6.07) is 9.71. The molecule has 2 aromatic carbocycles. The van der Waals surface area contributed by atoms with Crippen LogP contribution in [0.25, 0.3) is 11.0 Å². The second kappa shape index (κ2) is 7.20. The van der Waals surface area contributed by atoms with Crippen LogP contribution in [0.3, 0.4) is 0 Å². The fourth-order valence-corrected chi connectivity index (χ4v) is 3.04. The minimum atomic E-state index is -0.398. The van der Waals surface area contributed by atoms with E-state index in [9.17, 15) is 14.0 Å². The van der Waals surface area contributed by atoms with Crippen LogP contribution < -0.4 is 20.2 Å². The zero-order valence-electron chi connectivity index (χ0n) is 14.3. The van der Waals surface area contributed by atoms with Gasteiger partial charge in [-0.05, 0) is 36.4 Å². The lowest BCUT2D eigenvalue weighted by Gasteiger charge is -2.09. The Morgan fingerprint density at radius 3 is 2.67 bits per heavy atom. The molecule has 2 heterocycles. The van der Waals surface area contributed by atoms with Gasteiger partial charge in [0.05, 0.1) is 11.9 Å². The van der Waals surface area contributed by atoms with E-state index in [1.165, 1.54) is 42.7 Å². The summed E-state index contributed by atoms with van der Waals surface area (Å²) in [5, 5.41) is 2.25. The van der Waals surface area contributed by atoms with E-state index < -0.39 is 5.82 Å². The molecule has 1 saturated heterocycles. The predicted octanol–water partition coefficient (Wildman–Crippen LogP) is 2.36. The van der Waals surface area contributed by atoms with Gasteiger partial charge in [-0.3, -0.25) is 4.79 Å². The van der Waals surface area contributed by atoms with Crippen LogP contribution in [-0.4, -0.2) is 18.6 Å². The Balaban J connectivity index is 1.57. The van der Waals surface area contributed by atoms with Crippen LogP contribution in [0, 0.1) is 5.82 Å². The fraction of sp³-hybridized carbons (Fsp3) is 0.200. The van der Waals surface area contributed by atoms with Gasteiger partial charge >= 0.3 is 5.97 Å². The predicted molar refractivity (Wildman–Crippen MR) is 94.4 cm³/mol. The summed E-state index contributed by atoms with van der Waals surface area (Å²) >= 11 is 0. The molecule has 1 aliphatic rings. The van der Waals surface area contributed by atoms with E-state index in [4.69, 9.17) is 13.9 Å². The summed E-state index contributed by atoms with van der Waals surface area (Å²) < 4.78 is 29.3. The number of halogens is 1. The third kappa shape index (κ3) is 3.68. The maximum Gasteiger partial charge on any atom is 0.370 e. The summed E-state index contributed by atoms with van der Waals surface area (Å²) in [5.74, 6) is -0.0698. The summed E-state index contributed by atoms with van der Waals surface area (Å²) in [6.45, 7) is 0.920. The molecule has 3 aromatic rings. The number of ether oxygens (including phenoxy) is 2. The van der Waals surface area contributed by atoms with Gasteiger partial charge < -0.3 is 19.2 Å². The number of nitrogens with two attached hydrogens (primary N) is 1. The van der Waals surface area contributed by atoms with Gasteiger partial charge in [0.1, 0.15) is 29.2 Å². The van der Waals surface area contributed by atoms with Crippen molar-refractivity contribution >= 4 is 16.9 Å². The molecule has 138 valence electrons. The number of rotatable bonds is 4. The lowest BCUT2D eigenvalue weighted by Crippen LogP contribution is -2.88. The van der Waals surface area contributed by atoms with Crippen LogP contribution in [0.2, 0.25) is 0 Å². The van der Waals surface area contributed by atoms with Crippen LogP contribution in [0.15, 0.2) is 57.9 Å².